The average Bonchev–Trinajstić information content (AvgIpc) is 2.69. The number of aromatic nitrogens is 2. The number of fused-ring (bicyclic) bond motifs is 3. The summed E-state index contributed by atoms with van der Waals surface area (Å²) in [4.78, 5) is 20.7. The van der Waals surface area contributed by atoms with Crippen LogP contribution in [0.3, 0.4) is 0 Å². The third kappa shape index (κ3) is 2.99. The molecule has 0 amide bonds. The van der Waals surface area contributed by atoms with Gasteiger partial charge < -0.3 is 10.1 Å². The molecule has 2 aromatic carbocycles. The molecule has 3 fully saturated rings. The third-order valence-electron chi connectivity index (χ3n) is 5.61. The van der Waals surface area contributed by atoms with Gasteiger partial charge in [-0.05, 0) is 37.6 Å². The maximum absolute atomic E-state index is 13.5. The summed E-state index contributed by atoms with van der Waals surface area (Å²) >= 11 is 0. The van der Waals surface area contributed by atoms with Gasteiger partial charge >= 0.3 is 0 Å². The van der Waals surface area contributed by atoms with Gasteiger partial charge in [0.1, 0.15) is 11.6 Å². The van der Waals surface area contributed by atoms with Crippen LogP contribution in [-0.4, -0.2) is 46.2 Å². The van der Waals surface area contributed by atoms with Crippen molar-refractivity contribution in [1.82, 2.24) is 19.8 Å². The number of piperazine rings is 1. The van der Waals surface area contributed by atoms with Crippen molar-refractivity contribution >= 4 is 10.9 Å². The van der Waals surface area contributed by atoms with Gasteiger partial charge in [0, 0.05) is 25.2 Å². The van der Waals surface area contributed by atoms with E-state index < -0.39 is 0 Å². The van der Waals surface area contributed by atoms with Gasteiger partial charge in [-0.2, -0.15) is 0 Å². The Morgan fingerprint density at radius 2 is 1.82 bits per heavy atom. The van der Waals surface area contributed by atoms with Crippen molar-refractivity contribution in [2.24, 2.45) is 0 Å². The summed E-state index contributed by atoms with van der Waals surface area (Å²) < 4.78 is 7.55. The van der Waals surface area contributed by atoms with Crippen LogP contribution in [-0.2, 0) is 6.54 Å². The van der Waals surface area contributed by atoms with Crippen molar-refractivity contribution in [3.63, 3.8) is 0 Å². The Bertz CT molecular complexity index is 1060. The van der Waals surface area contributed by atoms with Crippen LogP contribution in [0, 0.1) is 0 Å². The molecule has 4 heterocycles. The molecule has 2 bridgehead atoms. The first-order valence-corrected chi connectivity index (χ1v) is 9.94. The van der Waals surface area contributed by atoms with E-state index in [1.807, 2.05) is 55.5 Å². The first-order chi connectivity index (χ1) is 13.7. The number of hydrogen-bond acceptors (Lipinski definition) is 5. The molecular formula is C22H24N4O2. The van der Waals surface area contributed by atoms with Gasteiger partial charge in [-0.25, -0.2) is 4.98 Å². The SMILES string of the molecule is CCOc1ccccc1-n1c(CN2CC3CC(C2)N3)nc2ccccc2c1=O. The molecule has 6 nitrogen and oxygen atoms in total. The van der Waals surface area contributed by atoms with Crippen LogP contribution in [0.5, 0.6) is 5.75 Å². The number of nitrogens with one attached hydrogen (secondary N) is 1. The Hall–Kier alpha value is -2.70. The van der Waals surface area contributed by atoms with Gasteiger partial charge in [0.25, 0.3) is 5.56 Å². The van der Waals surface area contributed by atoms with Crippen molar-refractivity contribution in [3.8, 4) is 11.4 Å². The maximum atomic E-state index is 13.5. The lowest BCUT2D eigenvalue weighted by molar-refractivity contribution is 0.0702. The van der Waals surface area contributed by atoms with Gasteiger partial charge in [-0.15, -0.1) is 0 Å². The highest BCUT2D eigenvalue weighted by Gasteiger charge is 2.36. The summed E-state index contributed by atoms with van der Waals surface area (Å²) in [6.45, 7) is 5.13. The van der Waals surface area contributed by atoms with Gasteiger partial charge in [-0.3, -0.25) is 14.3 Å². The monoisotopic (exact) mass is 376 g/mol. The van der Waals surface area contributed by atoms with E-state index in [0.717, 1.165) is 30.1 Å². The summed E-state index contributed by atoms with van der Waals surface area (Å²) in [5.41, 5.74) is 1.45. The molecule has 2 atom stereocenters. The number of hydrogen-bond donors (Lipinski definition) is 1. The van der Waals surface area contributed by atoms with E-state index in [-0.39, 0.29) is 5.56 Å². The highest BCUT2D eigenvalue weighted by Crippen LogP contribution is 2.26. The Morgan fingerprint density at radius 1 is 1.11 bits per heavy atom. The quantitative estimate of drug-likeness (QED) is 0.741. The van der Waals surface area contributed by atoms with E-state index >= 15 is 0 Å². The molecular weight excluding hydrogens is 352 g/mol. The molecule has 3 aromatic rings. The number of rotatable bonds is 5. The third-order valence-corrected chi connectivity index (χ3v) is 5.61. The van der Waals surface area contributed by atoms with Crippen molar-refractivity contribution < 1.29 is 4.74 Å². The molecule has 6 rings (SSSR count). The van der Waals surface area contributed by atoms with E-state index in [1.165, 1.54) is 6.42 Å². The lowest BCUT2D eigenvalue weighted by atomic mass is 9.91. The molecule has 3 aliphatic rings. The summed E-state index contributed by atoms with van der Waals surface area (Å²) in [6, 6.07) is 16.4. The number of benzene rings is 2. The van der Waals surface area contributed by atoms with Crippen LogP contribution in [0.1, 0.15) is 19.2 Å². The second kappa shape index (κ2) is 7.04. The van der Waals surface area contributed by atoms with E-state index in [2.05, 4.69) is 10.2 Å². The lowest BCUT2D eigenvalue weighted by Gasteiger charge is -2.48. The van der Waals surface area contributed by atoms with Crippen molar-refractivity contribution in [1.29, 1.82) is 0 Å². The van der Waals surface area contributed by atoms with E-state index in [4.69, 9.17) is 9.72 Å². The normalized spacial score (nSPS) is 21.5. The van der Waals surface area contributed by atoms with E-state index in [0.29, 0.717) is 36.4 Å². The molecule has 2 unspecified atom stereocenters. The summed E-state index contributed by atoms with van der Waals surface area (Å²) in [6.07, 6.45) is 1.25. The topological polar surface area (TPSA) is 59.4 Å². The van der Waals surface area contributed by atoms with Crippen LogP contribution in [0.2, 0.25) is 0 Å². The molecule has 1 N–H and O–H groups in total. The second-order valence-electron chi connectivity index (χ2n) is 7.58. The Labute approximate surface area is 163 Å². The van der Waals surface area contributed by atoms with Gasteiger partial charge in [0.05, 0.1) is 29.7 Å². The molecule has 3 saturated heterocycles. The first-order valence-electron chi connectivity index (χ1n) is 9.94. The fourth-order valence-electron chi connectivity index (χ4n) is 4.39. The summed E-state index contributed by atoms with van der Waals surface area (Å²) in [5.74, 6) is 1.46. The predicted octanol–water partition coefficient (Wildman–Crippen LogP) is 2.33. The molecule has 3 aliphatic heterocycles. The smallest absolute Gasteiger partial charge is 0.266 e. The first kappa shape index (κ1) is 17.4. The lowest BCUT2D eigenvalue weighted by Crippen LogP contribution is -2.66. The Balaban J connectivity index is 1.65. The zero-order valence-corrected chi connectivity index (χ0v) is 16.0. The fraction of sp³-hybridized carbons (Fsp3) is 0.364. The van der Waals surface area contributed by atoms with Gasteiger partial charge in [0.2, 0.25) is 0 Å². The van der Waals surface area contributed by atoms with Crippen molar-refractivity contribution in [3.05, 3.63) is 64.7 Å². The Morgan fingerprint density at radius 3 is 2.61 bits per heavy atom. The highest BCUT2D eigenvalue weighted by atomic mass is 16.5. The average molecular weight is 376 g/mol. The Kier molecular flexibility index (Phi) is 4.37. The van der Waals surface area contributed by atoms with Crippen LogP contribution in [0.25, 0.3) is 16.6 Å². The number of para-hydroxylation sites is 3. The van der Waals surface area contributed by atoms with Crippen LogP contribution in [0.15, 0.2) is 53.3 Å². The molecule has 1 aromatic heterocycles. The van der Waals surface area contributed by atoms with Crippen LogP contribution >= 0.6 is 0 Å². The standard InChI is InChI=1S/C22H24N4O2/c1-2-28-20-10-6-5-9-19(20)26-21(14-25-12-15-11-16(13-25)23-15)24-18-8-4-3-7-17(18)22(26)27/h3-10,15-16,23H,2,11-14H2,1H3. The number of ether oxygens (including phenoxy) is 1. The zero-order valence-electron chi connectivity index (χ0n) is 16.0. The maximum Gasteiger partial charge on any atom is 0.266 e. The molecule has 28 heavy (non-hydrogen) atoms. The molecule has 0 spiro atoms. The summed E-state index contributed by atoms with van der Waals surface area (Å²) in [7, 11) is 0. The van der Waals surface area contributed by atoms with Crippen molar-refractivity contribution in [2.45, 2.75) is 32.0 Å². The molecule has 6 heteroatoms. The molecule has 0 radical (unpaired) electrons. The van der Waals surface area contributed by atoms with Crippen LogP contribution < -0.4 is 15.6 Å². The van der Waals surface area contributed by atoms with Gasteiger partial charge in [0.15, 0.2) is 0 Å². The van der Waals surface area contributed by atoms with Crippen molar-refractivity contribution in [2.75, 3.05) is 19.7 Å². The molecule has 144 valence electrons. The van der Waals surface area contributed by atoms with Gasteiger partial charge in [-0.1, -0.05) is 24.3 Å². The second-order valence-corrected chi connectivity index (χ2v) is 7.58. The predicted molar refractivity (Wildman–Crippen MR) is 109 cm³/mol. The largest absolute Gasteiger partial charge is 0.492 e. The minimum atomic E-state index is -0.0481. The van der Waals surface area contributed by atoms with E-state index in [1.54, 1.807) is 4.57 Å². The molecule has 0 aliphatic carbocycles. The highest BCUT2D eigenvalue weighted by molar-refractivity contribution is 5.78. The molecule has 0 saturated carbocycles. The minimum Gasteiger partial charge on any atom is -0.492 e. The minimum absolute atomic E-state index is 0.0481. The fourth-order valence-corrected chi connectivity index (χ4v) is 4.39. The van der Waals surface area contributed by atoms with E-state index in [9.17, 15) is 4.79 Å². The number of nitrogens with zero attached hydrogens (tertiary/aromatic N) is 3. The summed E-state index contributed by atoms with van der Waals surface area (Å²) in [5, 5.41) is 4.18. The number of piperidine rings is 1. The zero-order chi connectivity index (χ0) is 19.1. The van der Waals surface area contributed by atoms with Crippen LogP contribution in [0.4, 0.5) is 0 Å².